The number of aryl methyl sites for hydroxylation is 1. The molecule has 1 aromatic rings. The van der Waals surface area contributed by atoms with Crippen LogP contribution in [-0.2, 0) is 16.6 Å². The average molecular weight is 181 g/mol. The molecule has 0 spiro atoms. The lowest BCUT2D eigenvalue weighted by molar-refractivity contribution is -0.139. The minimum Gasteiger partial charge on any atom is -0.368 e. The van der Waals surface area contributed by atoms with Gasteiger partial charge in [-0.1, -0.05) is 0 Å². The maximum atomic E-state index is 11.3. The number of nitrogens with one attached hydrogen (secondary N) is 1. The Kier molecular flexibility index (Phi) is 2.02. The van der Waals surface area contributed by atoms with Gasteiger partial charge < -0.3 is 10.1 Å². The third-order valence-corrected chi connectivity index (χ3v) is 1.96. The van der Waals surface area contributed by atoms with Crippen LogP contribution in [0.5, 0.6) is 0 Å². The highest BCUT2D eigenvalue weighted by Crippen LogP contribution is 2.13. The van der Waals surface area contributed by atoms with Crippen LogP contribution in [0.2, 0.25) is 0 Å². The van der Waals surface area contributed by atoms with Crippen molar-refractivity contribution in [2.24, 2.45) is 7.05 Å². The van der Waals surface area contributed by atoms with Gasteiger partial charge >= 0.3 is 0 Å². The summed E-state index contributed by atoms with van der Waals surface area (Å²) in [6.07, 6.45) is 3.90. The fraction of sp³-hybridized carbons (Fsp3) is 0.500. The lowest BCUT2D eigenvalue weighted by Crippen LogP contribution is -2.38. The fourth-order valence-electron chi connectivity index (χ4n) is 1.15. The van der Waals surface area contributed by atoms with Crippen LogP contribution in [0.25, 0.3) is 0 Å². The van der Waals surface area contributed by atoms with Gasteiger partial charge in [-0.2, -0.15) is 5.10 Å². The molecular weight excluding hydrogens is 170 g/mol. The minimum absolute atomic E-state index is 0.0840. The largest absolute Gasteiger partial charge is 0.368 e. The Hall–Kier alpha value is -1.36. The van der Waals surface area contributed by atoms with Crippen LogP contribution >= 0.6 is 0 Å². The summed E-state index contributed by atoms with van der Waals surface area (Å²) in [6, 6.07) is 0. The third-order valence-electron chi connectivity index (χ3n) is 1.96. The molecule has 0 saturated carbocycles. The molecule has 1 amide bonds. The first-order chi connectivity index (χ1) is 6.25. The number of anilines is 1. The van der Waals surface area contributed by atoms with E-state index < -0.39 is 0 Å². The second-order valence-corrected chi connectivity index (χ2v) is 3.04. The smallest absolute Gasteiger partial charge is 0.253 e. The van der Waals surface area contributed by atoms with Crippen molar-refractivity contribution in [1.29, 1.82) is 0 Å². The molecule has 5 heteroatoms. The van der Waals surface area contributed by atoms with Crippen molar-refractivity contribution in [2.75, 3.05) is 11.9 Å². The molecule has 0 unspecified atom stereocenters. The predicted octanol–water partition coefficient (Wildman–Crippen LogP) is 0.147. The van der Waals surface area contributed by atoms with E-state index in [-0.39, 0.29) is 12.0 Å². The molecule has 1 fully saturated rings. The number of hydrogen-bond donors (Lipinski definition) is 1. The van der Waals surface area contributed by atoms with Gasteiger partial charge in [0.25, 0.3) is 5.91 Å². The highest BCUT2D eigenvalue weighted by atomic mass is 16.5. The molecule has 1 aliphatic heterocycles. The molecule has 0 aromatic carbocycles. The van der Waals surface area contributed by atoms with Gasteiger partial charge in [0.05, 0.1) is 18.5 Å². The molecule has 2 rings (SSSR count). The van der Waals surface area contributed by atoms with Crippen molar-refractivity contribution < 1.29 is 9.53 Å². The Labute approximate surface area is 75.7 Å². The molecular formula is C8H11N3O2. The quantitative estimate of drug-likeness (QED) is 0.706. The lowest BCUT2D eigenvalue weighted by atomic mass is 10.2. The standard InChI is InChI=1S/C8H11N3O2/c1-11-5-6(4-9-11)10-8(12)7-2-3-13-7/h4-5,7H,2-3H2,1H3,(H,10,12)/t7-/m1/s1. The van der Waals surface area contributed by atoms with Gasteiger partial charge in [0, 0.05) is 19.7 Å². The van der Waals surface area contributed by atoms with Crippen LogP contribution in [-0.4, -0.2) is 28.4 Å². The zero-order valence-electron chi connectivity index (χ0n) is 7.36. The van der Waals surface area contributed by atoms with Gasteiger partial charge in [0.2, 0.25) is 0 Å². The monoisotopic (exact) mass is 181 g/mol. The van der Waals surface area contributed by atoms with Gasteiger partial charge in [0.15, 0.2) is 0 Å². The number of amides is 1. The summed E-state index contributed by atoms with van der Waals surface area (Å²) in [5.74, 6) is -0.0840. The molecule has 1 N–H and O–H groups in total. The zero-order chi connectivity index (χ0) is 9.26. The SMILES string of the molecule is Cn1cc(NC(=O)[C@H]2CCO2)cn1. The number of carbonyl (C=O) groups is 1. The van der Waals surface area contributed by atoms with Crippen LogP contribution in [0.3, 0.4) is 0 Å². The Balaban J connectivity index is 1.93. The predicted molar refractivity (Wildman–Crippen MR) is 46.2 cm³/mol. The molecule has 70 valence electrons. The van der Waals surface area contributed by atoms with Crippen LogP contribution in [0, 0.1) is 0 Å². The van der Waals surface area contributed by atoms with Gasteiger partial charge in [-0.3, -0.25) is 9.48 Å². The van der Waals surface area contributed by atoms with Crippen LogP contribution in [0.1, 0.15) is 6.42 Å². The Morgan fingerprint density at radius 2 is 2.62 bits per heavy atom. The summed E-state index contributed by atoms with van der Waals surface area (Å²) in [7, 11) is 1.80. The van der Waals surface area contributed by atoms with Crippen molar-refractivity contribution in [1.82, 2.24) is 9.78 Å². The van der Waals surface area contributed by atoms with Crippen molar-refractivity contribution in [2.45, 2.75) is 12.5 Å². The second-order valence-electron chi connectivity index (χ2n) is 3.04. The van der Waals surface area contributed by atoms with E-state index in [4.69, 9.17) is 4.74 Å². The van der Waals surface area contributed by atoms with Gasteiger partial charge in [-0.05, 0) is 0 Å². The molecule has 5 nitrogen and oxygen atoms in total. The number of ether oxygens (including phenoxy) is 1. The zero-order valence-corrected chi connectivity index (χ0v) is 7.36. The lowest BCUT2D eigenvalue weighted by Gasteiger charge is -2.24. The number of rotatable bonds is 2. The Morgan fingerprint density at radius 3 is 3.08 bits per heavy atom. The maximum absolute atomic E-state index is 11.3. The average Bonchev–Trinajstić information content (AvgIpc) is 2.31. The second kappa shape index (κ2) is 3.18. The number of aromatic nitrogens is 2. The number of nitrogens with zero attached hydrogens (tertiary/aromatic N) is 2. The number of hydrogen-bond acceptors (Lipinski definition) is 3. The molecule has 13 heavy (non-hydrogen) atoms. The van der Waals surface area contributed by atoms with Crippen LogP contribution < -0.4 is 5.32 Å². The molecule has 0 radical (unpaired) electrons. The van der Waals surface area contributed by atoms with Gasteiger partial charge in [0.1, 0.15) is 6.10 Å². The van der Waals surface area contributed by atoms with E-state index in [9.17, 15) is 4.79 Å². The summed E-state index contributed by atoms with van der Waals surface area (Å²) in [4.78, 5) is 11.3. The molecule has 1 atom stereocenters. The highest BCUT2D eigenvalue weighted by molar-refractivity contribution is 5.94. The molecule has 0 aliphatic carbocycles. The molecule has 1 saturated heterocycles. The van der Waals surface area contributed by atoms with E-state index in [1.807, 2.05) is 0 Å². The van der Waals surface area contributed by atoms with Crippen molar-refractivity contribution in [3.8, 4) is 0 Å². The summed E-state index contributed by atoms with van der Waals surface area (Å²) in [6.45, 7) is 0.686. The first kappa shape index (κ1) is 8.25. The molecule has 1 aromatic heterocycles. The van der Waals surface area contributed by atoms with Crippen LogP contribution in [0.15, 0.2) is 12.4 Å². The minimum atomic E-state index is -0.264. The Morgan fingerprint density at radius 1 is 1.85 bits per heavy atom. The summed E-state index contributed by atoms with van der Waals surface area (Å²) >= 11 is 0. The first-order valence-electron chi connectivity index (χ1n) is 4.17. The number of carbonyl (C=O) groups excluding carboxylic acids is 1. The van der Waals surface area contributed by atoms with Gasteiger partial charge in [-0.15, -0.1) is 0 Å². The highest BCUT2D eigenvalue weighted by Gasteiger charge is 2.26. The van der Waals surface area contributed by atoms with Crippen molar-refractivity contribution in [3.63, 3.8) is 0 Å². The molecule has 2 heterocycles. The van der Waals surface area contributed by atoms with E-state index in [0.717, 1.165) is 6.42 Å². The normalized spacial score (nSPS) is 20.8. The van der Waals surface area contributed by atoms with Crippen LogP contribution in [0.4, 0.5) is 5.69 Å². The maximum Gasteiger partial charge on any atom is 0.253 e. The Bertz CT molecular complexity index is 317. The van der Waals surface area contributed by atoms with E-state index in [1.165, 1.54) is 0 Å². The topological polar surface area (TPSA) is 56.2 Å². The van der Waals surface area contributed by atoms with Crippen molar-refractivity contribution >= 4 is 11.6 Å². The summed E-state index contributed by atoms with van der Waals surface area (Å²) in [5, 5.41) is 6.65. The van der Waals surface area contributed by atoms with Crippen molar-refractivity contribution in [3.05, 3.63) is 12.4 Å². The van der Waals surface area contributed by atoms with E-state index >= 15 is 0 Å². The third kappa shape index (κ3) is 1.70. The van der Waals surface area contributed by atoms with E-state index in [1.54, 1.807) is 24.1 Å². The summed E-state index contributed by atoms with van der Waals surface area (Å²) < 4.78 is 6.67. The molecule has 0 bridgehead atoms. The van der Waals surface area contributed by atoms with E-state index in [2.05, 4.69) is 10.4 Å². The summed E-state index contributed by atoms with van der Waals surface area (Å²) in [5.41, 5.74) is 0.711. The first-order valence-corrected chi connectivity index (χ1v) is 4.17. The fourth-order valence-corrected chi connectivity index (χ4v) is 1.15. The molecule has 1 aliphatic rings. The van der Waals surface area contributed by atoms with E-state index in [0.29, 0.717) is 12.3 Å². The van der Waals surface area contributed by atoms with Gasteiger partial charge in [-0.25, -0.2) is 0 Å².